The smallest absolute Gasteiger partial charge is 0.248 e. The molecular formula is C21H14ClNO3. The average Bonchev–Trinajstić information content (AvgIpc) is 2.65. The van der Waals surface area contributed by atoms with Gasteiger partial charge in [-0.25, -0.2) is 0 Å². The summed E-state index contributed by atoms with van der Waals surface area (Å²) in [6.07, 6.45) is 0. The van der Waals surface area contributed by atoms with Gasteiger partial charge in [0.25, 0.3) is 0 Å². The van der Waals surface area contributed by atoms with Crippen molar-refractivity contribution in [1.29, 1.82) is 0 Å². The third-order valence-electron chi connectivity index (χ3n) is 4.08. The molecule has 0 atom stereocenters. The molecule has 0 fully saturated rings. The standard InChI is InChI=1S/C21H14ClNO3/c22-20-16(14-7-6-13-8-11-19(25)23-17(13)12-14)9-10-18(24)21(20)26-15-4-2-1-3-5-15/h1-12,24H,(H,23,25). The number of aromatic hydroxyl groups is 1. The highest BCUT2D eigenvalue weighted by Crippen LogP contribution is 2.43. The lowest BCUT2D eigenvalue weighted by molar-refractivity contribution is 0.411. The highest BCUT2D eigenvalue weighted by atomic mass is 35.5. The van der Waals surface area contributed by atoms with Crippen LogP contribution in [0.25, 0.3) is 22.0 Å². The number of hydrogen-bond acceptors (Lipinski definition) is 3. The topological polar surface area (TPSA) is 62.3 Å². The Balaban J connectivity index is 1.82. The predicted molar refractivity (Wildman–Crippen MR) is 103 cm³/mol. The normalized spacial score (nSPS) is 10.8. The Kier molecular flexibility index (Phi) is 4.11. The average molecular weight is 364 g/mol. The van der Waals surface area contributed by atoms with Gasteiger partial charge in [0.05, 0.1) is 5.02 Å². The molecule has 1 heterocycles. The van der Waals surface area contributed by atoms with Crippen molar-refractivity contribution in [2.24, 2.45) is 0 Å². The minimum Gasteiger partial charge on any atom is -0.504 e. The molecule has 4 nitrogen and oxygen atoms in total. The van der Waals surface area contributed by atoms with Gasteiger partial charge in [-0.3, -0.25) is 4.79 Å². The van der Waals surface area contributed by atoms with Crippen molar-refractivity contribution in [3.8, 4) is 28.4 Å². The Morgan fingerprint density at radius 1 is 0.923 bits per heavy atom. The molecule has 0 aliphatic rings. The molecule has 0 radical (unpaired) electrons. The SMILES string of the molecule is O=c1ccc2ccc(-c3ccc(O)c(Oc4ccccc4)c3Cl)cc2[nH]1. The Bertz CT molecular complexity index is 1150. The molecule has 5 heteroatoms. The maximum atomic E-state index is 11.6. The number of aromatic nitrogens is 1. The molecule has 0 spiro atoms. The maximum Gasteiger partial charge on any atom is 0.248 e. The van der Waals surface area contributed by atoms with Crippen LogP contribution in [0.15, 0.2) is 77.6 Å². The summed E-state index contributed by atoms with van der Waals surface area (Å²) in [4.78, 5) is 14.4. The van der Waals surface area contributed by atoms with Crippen molar-refractivity contribution >= 4 is 22.5 Å². The first-order valence-electron chi connectivity index (χ1n) is 8.00. The van der Waals surface area contributed by atoms with Gasteiger partial charge in [0.1, 0.15) is 5.75 Å². The molecule has 0 aliphatic carbocycles. The van der Waals surface area contributed by atoms with Crippen LogP contribution >= 0.6 is 11.6 Å². The second-order valence-electron chi connectivity index (χ2n) is 5.82. The van der Waals surface area contributed by atoms with Gasteiger partial charge in [0.2, 0.25) is 5.56 Å². The van der Waals surface area contributed by atoms with Gasteiger partial charge in [0, 0.05) is 17.1 Å². The quantitative estimate of drug-likeness (QED) is 0.516. The first-order valence-corrected chi connectivity index (χ1v) is 8.37. The second-order valence-corrected chi connectivity index (χ2v) is 6.19. The summed E-state index contributed by atoms with van der Waals surface area (Å²) in [6.45, 7) is 0. The van der Waals surface area contributed by atoms with E-state index in [9.17, 15) is 9.90 Å². The summed E-state index contributed by atoms with van der Waals surface area (Å²) in [5.74, 6) is 0.721. The number of rotatable bonds is 3. The molecule has 0 unspecified atom stereocenters. The van der Waals surface area contributed by atoms with Crippen LogP contribution in [0.5, 0.6) is 17.2 Å². The predicted octanol–water partition coefficient (Wildman–Crippen LogP) is 5.35. The molecule has 4 aromatic rings. The summed E-state index contributed by atoms with van der Waals surface area (Å²) in [6, 6.07) is 21.3. The van der Waals surface area contributed by atoms with Crippen LogP contribution in [0, 0.1) is 0 Å². The van der Waals surface area contributed by atoms with E-state index < -0.39 is 0 Å². The van der Waals surface area contributed by atoms with E-state index in [-0.39, 0.29) is 17.1 Å². The van der Waals surface area contributed by atoms with Crippen LogP contribution in [-0.4, -0.2) is 10.1 Å². The van der Waals surface area contributed by atoms with Gasteiger partial charge in [-0.15, -0.1) is 0 Å². The van der Waals surface area contributed by atoms with Gasteiger partial charge in [0.15, 0.2) is 11.5 Å². The van der Waals surface area contributed by atoms with Crippen molar-refractivity contribution in [1.82, 2.24) is 4.98 Å². The highest BCUT2D eigenvalue weighted by Gasteiger charge is 2.15. The number of ether oxygens (including phenoxy) is 1. The summed E-state index contributed by atoms with van der Waals surface area (Å²) >= 11 is 6.52. The lowest BCUT2D eigenvalue weighted by Crippen LogP contribution is -2.02. The zero-order valence-electron chi connectivity index (χ0n) is 13.6. The number of nitrogens with one attached hydrogen (secondary N) is 1. The lowest BCUT2D eigenvalue weighted by atomic mass is 10.0. The number of pyridine rings is 1. The molecule has 4 rings (SSSR count). The summed E-state index contributed by atoms with van der Waals surface area (Å²) in [7, 11) is 0. The Morgan fingerprint density at radius 3 is 2.50 bits per heavy atom. The number of fused-ring (bicyclic) bond motifs is 1. The molecule has 0 saturated heterocycles. The fourth-order valence-electron chi connectivity index (χ4n) is 2.79. The monoisotopic (exact) mass is 363 g/mol. The number of benzene rings is 3. The summed E-state index contributed by atoms with van der Waals surface area (Å²) in [5.41, 5.74) is 2.05. The molecule has 128 valence electrons. The zero-order chi connectivity index (χ0) is 18.1. The summed E-state index contributed by atoms with van der Waals surface area (Å²) in [5, 5.41) is 11.4. The van der Waals surface area contributed by atoms with E-state index >= 15 is 0 Å². The molecule has 2 N–H and O–H groups in total. The fraction of sp³-hybridized carbons (Fsp3) is 0. The van der Waals surface area contributed by atoms with Crippen LogP contribution in [-0.2, 0) is 0 Å². The highest BCUT2D eigenvalue weighted by molar-refractivity contribution is 6.35. The zero-order valence-corrected chi connectivity index (χ0v) is 14.3. The fourth-order valence-corrected chi connectivity index (χ4v) is 3.10. The van der Waals surface area contributed by atoms with E-state index in [0.717, 1.165) is 10.9 Å². The minimum atomic E-state index is -0.167. The molecular weight excluding hydrogens is 350 g/mol. The third-order valence-corrected chi connectivity index (χ3v) is 4.45. The van der Waals surface area contributed by atoms with E-state index in [1.54, 1.807) is 24.3 Å². The number of halogens is 1. The number of H-pyrrole nitrogens is 1. The largest absolute Gasteiger partial charge is 0.504 e. The molecule has 26 heavy (non-hydrogen) atoms. The van der Waals surface area contributed by atoms with Gasteiger partial charge in [-0.1, -0.05) is 41.9 Å². The van der Waals surface area contributed by atoms with Crippen molar-refractivity contribution in [3.63, 3.8) is 0 Å². The summed E-state index contributed by atoms with van der Waals surface area (Å²) < 4.78 is 5.77. The number of phenols is 1. The Morgan fingerprint density at radius 2 is 1.69 bits per heavy atom. The minimum absolute atomic E-state index is 0.0446. The molecule has 0 saturated carbocycles. The maximum absolute atomic E-state index is 11.6. The molecule has 3 aromatic carbocycles. The van der Waals surface area contributed by atoms with E-state index in [2.05, 4.69) is 4.98 Å². The van der Waals surface area contributed by atoms with Gasteiger partial charge in [-0.05, 0) is 47.3 Å². The van der Waals surface area contributed by atoms with Gasteiger partial charge in [-0.2, -0.15) is 0 Å². The van der Waals surface area contributed by atoms with Crippen molar-refractivity contribution in [3.05, 3.63) is 88.2 Å². The van der Waals surface area contributed by atoms with Crippen molar-refractivity contribution in [2.75, 3.05) is 0 Å². The van der Waals surface area contributed by atoms with Gasteiger partial charge < -0.3 is 14.8 Å². The van der Waals surface area contributed by atoms with Crippen LogP contribution in [0.1, 0.15) is 0 Å². The van der Waals surface area contributed by atoms with Gasteiger partial charge >= 0.3 is 0 Å². The van der Waals surface area contributed by atoms with Crippen molar-refractivity contribution in [2.45, 2.75) is 0 Å². The van der Waals surface area contributed by atoms with E-state index in [0.29, 0.717) is 21.9 Å². The first-order chi connectivity index (χ1) is 12.6. The van der Waals surface area contributed by atoms with E-state index in [1.165, 1.54) is 12.1 Å². The molecule has 0 aliphatic heterocycles. The molecule has 1 aromatic heterocycles. The second kappa shape index (κ2) is 6.58. The number of aromatic amines is 1. The van der Waals surface area contributed by atoms with Crippen LogP contribution in [0.4, 0.5) is 0 Å². The number of para-hydroxylation sites is 1. The van der Waals surface area contributed by atoms with E-state index in [4.69, 9.17) is 16.3 Å². The van der Waals surface area contributed by atoms with Crippen LogP contribution in [0.3, 0.4) is 0 Å². The molecule has 0 amide bonds. The Hall–Kier alpha value is -3.24. The lowest BCUT2D eigenvalue weighted by Gasteiger charge is -2.13. The van der Waals surface area contributed by atoms with E-state index in [1.807, 2.05) is 36.4 Å². The Labute approximate surface area is 154 Å². The van der Waals surface area contributed by atoms with Crippen LogP contribution < -0.4 is 10.3 Å². The number of phenolic OH excluding ortho intramolecular Hbond substituents is 1. The molecule has 0 bridgehead atoms. The van der Waals surface area contributed by atoms with Crippen LogP contribution in [0.2, 0.25) is 5.02 Å². The first kappa shape index (κ1) is 16.2. The number of hydrogen-bond donors (Lipinski definition) is 2. The van der Waals surface area contributed by atoms with Crippen molar-refractivity contribution < 1.29 is 9.84 Å². The third kappa shape index (κ3) is 3.03.